The van der Waals surface area contributed by atoms with E-state index >= 15 is 0 Å². The van der Waals surface area contributed by atoms with E-state index < -0.39 is 0 Å². The van der Waals surface area contributed by atoms with Crippen molar-refractivity contribution in [1.29, 1.82) is 0 Å². The van der Waals surface area contributed by atoms with Crippen molar-refractivity contribution in [3.63, 3.8) is 0 Å². The monoisotopic (exact) mass is 294 g/mol. The van der Waals surface area contributed by atoms with Crippen LogP contribution in [0.4, 0.5) is 10.8 Å². The van der Waals surface area contributed by atoms with Crippen LogP contribution < -0.4 is 11.1 Å². The topological polar surface area (TPSA) is 54.2 Å². The second kappa shape index (κ2) is 5.98. The number of hydrogen-bond donors (Lipinski definition) is 2. The van der Waals surface area contributed by atoms with Crippen molar-refractivity contribution in [2.45, 2.75) is 0 Å². The fourth-order valence-corrected chi connectivity index (χ4v) is 4.08. The van der Waals surface area contributed by atoms with E-state index in [4.69, 9.17) is 5.73 Å². The maximum absolute atomic E-state index is 5.78. The number of aromatic nitrogens is 1. The first-order valence-corrected chi connectivity index (χ1v) is 8.48. The Morgan fingerprint density at radius 2 is 2.16 bits per heavy atom. The normalized spacial score (nSPS) is 16.8. The smallest absolute Gasteiger partial charge is 0.183 e. The largest absolute Gasteiger partial charge is 0.399 e. The molecule has 1 aliphatic heterocycles. The molecule has 1 aromatic heterocycles. The van der Waals surface area contributed by atoms with Gasteiger partial charge in [0.05, 0.1) is 10.2 Å². The molecule has 0 unspecified atom stereocenters. The lowest BCUT2D eigenvalue weighted by Crippen LogP contribution is -2.36. The van der Waals surface area contributed by atoms with Gasteiger partial charge in [-0.3, -0.25) is 4.90 Å². The van der Waals surface area contributed by atoms with Crippen LogP contribution in [0.25, 0.3) is 10.2 Å². The van der Waals surface area contributed by atoms with E-state index in [9.17, 15) is 0 Å². The lowest BCUT2D eigenvalue weighted by Gasteiger charge is -2.25. The summed E-state index contributed by atoms with van der Waals surface area (Å²) in [4.78, 5) is 7.07. The Balaban J connectivity index is 1.56. The molecule has 0 amide bonds. The van der Waals surface area contributed by atoms with E-state index in [0.717, 1.165) is 34.1 Å². The number of nitrogens with one attached hydrogen (secondary N) is 1. The first-order chi connectivity index (χ1) is 9.31. The maximum atomic E-state index is 5.78. The SMILES string of the molecule is Nc1ccc2nc(NCCN3CCSCC3)sc2c1. The van der Waals surface area contributed by atoms with Gasteiger partial charge in [-0.05, 0) is 18.2 Å². The molecule has 19 heavy (non-hydrogen) atoms. The van der Waals surface area contributed by atoms with E-state index in [-0.39, 0.29) is 0 Å². The van der Waals surface area contributed by atoms with Gasteiger partial charge in [0.2, 0.25) is 0 Å². The number of rotatable bonds is 4. The summed E-state index contributed by atoms with van der Waals surface area (Å²) in [5.74, 6) is 2.53. The molecule has 0 atom stereocenters. The zero-order valence-electron chi connectivity index (χ0n) is 10.8. The number of anilines is 2. The summed E-state index contributed by atoms with van der Waals surface area (Å²) in [6, 6.07) is 5.87. The molecule has 102 valence electrons. The number of thiazole rings is 1. The number of nitrogens with two attached hydrogens (primary N) is 1. The third-order valence-corrected chi connectivity index (χ3v) is 5.14. The first kappa shape index (κ1) is 13.0. The van der Waals surface area contributed by atoms with Crippen LogP contribution in [0.2, 0.25) is 0 Å². The molecule has 1 aromatic carbocycles. The molecular weight excluding hydrogens is 276 g/mol. The van der Waals surface area contributed by atoms with Crippen LogP contribution in [-0.4, -0.2) is 47.6 Å². The van der Waals surface area contributed by atoms with Gasteiger partial charge >= 0.3 is 0 Å². The van der Waals surface area contributed by atoms with Crippen molar-refractivity contribution in [2.75, 3.05) is 48.7 Å². The van der Waals surface area contributed by atoms with Crippen LogP contribution in [0.1, 0.15) is 0 Å². The third kappa shape index (κ3) is 3.32. The van der Waals surface area contributed by atoms with Crippen molar-refractivity contribution in [2.24, 2.45) is 0 Å². The molecule has 1 saturated heterocycles. The number of thioether (sulfide) groups is 1. The van der Waals surface area contributed by atoms with Crippen molar-refractivity contribution in [3.05, 3.63) is 18.2 Å². The van der Waals surface area contributed by atoms with Gasteiger partial charge in [-0.1, -0.05) is 11.3 Å². The van der Waals surface area contributed by atoms with Crippen molar-refractivity contribution < 1.29 is 0 Å². The van der Waals surface area contributed by atoms with E-state index in [0.29, 0.717) is 0 Å². The fraction of sp³-hybridized carbons (Fsp3) is 0.462. The average molecular weight is 294 g/mol. The number of hydrogen-bond acceptors (Lipinski definition) is 6. The fourth-order valence-electron chi connectivity index (χ4n) is 2.16. The van der Waals surface area contributed by atoms with Gasteiger partial charge in [0, 0.05) is 43.4 Å². The maximum Gasteiger partial charge on any atom is 0.183 e. The Hall–Kier alpha value is -0.980. The molecule has 0 aliphatic carbocycles. The molecule has 1 fully saturated rings. The van der Waals surface area contributed by atoms with Gasteiger partial charge in [-0.2, -0.15) is 11.8 Å². The molecule has 6 heteroatoms. The van der Waals surface area contributed by atoms with Crippen LogP contribution in [-0.2, 0) is 0 Å². The summed E-state index contributed by atoms with van der Waals surface area (Å²) >= 11 is 3.72. The highest BCUT2D eigenvalue weighted by molar-refractivity contribution is 7.99. The van der Waals surface area contributed by atoms with Crippen LogP contribution in [0, 0.1) is 0 Å². The van der Waals surface area contributed by atoms with E-state index in [2.05, 4.69) is 15.2 Å². The molecule has 4 nitrogen and oxygen atoms in total. The molecule has 0 radical (unpaired) electrons. The Labute approximate surface area is 121 Å². The van der Waals surface area contributed by atoms with Gasteiger partial charge in [0.25, 0.3) is 0 Å². The second-order valence-corrected chi connectivity index (χ2v) is 6.88. The lowest BCUT2D eigenvalue weighted by molar-refractivity contribution is 0.314. The Kier molecular flexibility index (Phi) is 4.10. The van der Waals surface area contributed by atoms with Crippen molar-refractivity contribution >= 4 is 44.1 Å². The number of fused-ring (bicyclic) bond motifs is 1. The first-order valence-electron chi connectivity index (χ1n) is 6.51. The molecule has 1 aliphatic rings. The van der Waals surface area contributed by atoms with Crippen LogP contribution in [0.3, 0.4) is 0 Å². The summed E-state index contributed by atoms with van der Waals surface area (Å²) < 4.78 is 1.15. The van der Waals surface area contributed by atoms with E-state index in [1.165, 1.54) is 24.6 Å². The van der Waals surface area contributed by atoms with Gasteiger partial charge < -0.3 is 11.1 Å². The molecule has 3 rings (SSSR count). The quantitative estimate of drug-likeness (QED) is 0.848. The average Bonchev–Trinajstić information content (AvgIpc) is 2.82. The van der Waals surface area contributed by atoms with Gasteiger partial charge in [-0.25, -0.2) is 4.98 Å². The summed E-state index contributed by atoms with van der Waals surface area (Å²) in [5, 5.41) is 4.41. The zero-order chi connectivity index (χ0) is 13.1. The number of benzene rings is 1. The molecule has 0 spiro atoms. The van der Waals surface area contributed by atoms with Crippen molar-refractivity contribution in [1.82, 2.24) is 9.88 Å². The van der Waals surface area contributed by atoms with E-state index in [1.54, 1.807) is 11.3 Å². The number of nitrogen functional groups attached to an aromatic ring is 1. The summed E-state index contributed by atoms with van der Waals surface area (Å²) in [7, 11) is 0. The summed E-state index contributed by atoms with van der Waals surface area (Å²) in [6.07, 6.45) is 0. The zero-order valence-corrected chi connectivity index (χ0v) is 12.4. The van der Waals surface area contributed by atoms with Gasteiger partial charge in [-0.15, -0.1) is 0 Å². The minimum Gasteiger partial charge on any atom is -0.399 e. The van der Waals surface area contributed by atoms with E-state index in [1.807, 2.05) is 30.0 Å². The molecule has 0 bridgehead atoms. The van der Waals surface area contributed by atoms with Crippen LogP contribution in [0.5, 0.6) is 0 Å². The summed E-state index contributed by atoms with van der Waals surface area (Å²) in [5.41, 5.74) is 7.60. The molecule has 2 aromatic rings. The highest BCUT2D eigenvalue weighted by atomic mass is 32.2. The molecule has 0 saturated carbocycles. The predicted molar refractivity (Wildman–Crippen MR) is 86.3 cm³/mol. The number of nitrogens with zero attached hydrogens (tertiary/aromatic N) is 2. The third-order valence-electron chi connectivity index (χ3n) is 3.22. The second-order valence-electron chi connectivity index (χ2n) is 4.63. The van der Waals surface area contributed by atoms with Crippen LogP contribution in [0.15, 0.2) is 18.2 Å². The highest BCUT2D eigenvalue weighted by Crippen LogP contribution is 2.27. The Bertz CT molecular complexity index is 549. The van der Waals surface area contributed by atoms with Gasteiger partial charge in [0.15, 0.2) is 5.13 Å². The predicted octanol–water partition coefficient (Wildman–Crippen LogP) is 2.34. The lowest BCUT2D eigenvalue weighted by atomic mass is 10.3. The van der Waals surface area contributed by atoms with Crippen molar-refractivity contribution in [3.8, 4) is 0 Å². The highest BCUT2D eigenvalue weighted by Gasteiger charge is 2.10. The Morgan fingerprint density at radius 1 is 1.32 bits per heavy atom. The molecule has 2 heterocycles. The van der Waals surface area contributed by atoms with Gasteiger partial charge in [0.1, 0.15) is 0 Å². The molecule has 3 N–H and O–H groups in total. The Morgan fingerprint density at radius 3 is 3.00 bits per heavy atom. The van der Waals surface area contributed by atoms with Crippen LogP contribution >= 0.6 is 23.1 Å². The molecular formula is C13H18N4S2. The minimum atomic E-state index is 0.800. The minimum absolute atomic E-state index is 0.800. The standard InChI is InChI=1S/C13H18N4S2/c14-10-1-2-11-12(9-10)19-13(16-11)15-3-4-17-5-7-18-8-6-17/h1-2,9H,3-8,14H2,(H,15,16). The summed E-state index contributed by atoms with van der Waals surface area (Å²) in [6.45, 7) is 4.48.